The lowest BCUT2D eigenvalue weighted by Crippen LogP contribution is -2.50. The summed E-state index contributed by atoms with van der Waals surface area (Å²) in [6, 6.07) is 6.17. The second-order valence-electron chi connectivity index (χ2n) is 9.83. The molecule has 0 aliphatic carbocycles. The predicted molar refractivity (Wildman–Crippen MR) is 161 cm³/mol. The molecule has 0 radical (unpaired) electrons. The molecule has 15 heteroatoms. The van der Waals surface area contributed by atoms with E-state index in [9.17, 15) is 13.2 Å². The number of thiazole rings is 2. The van der Waals surface area contributed by atoms with E-state index in [4.69, 9.17) is 0 Å². The average molecular weight is 617 g/mol. The molecule has 1 aromatic carbocycles. The molecule has 0 unspecified atom stereocenters. The van der Waals surface area contributed by atoms with Gasteiger partial charge in [-0.05, 0) is 33.8 Å². The van der Waals surface area contributed by atoms with Crippen molar-refractivity contribution < 1.29 is 17.9 Å². The molecule has 2 N–H and O–H groups in total. The number of hydrogen-bond donors (Lipinski definition) is 2. The molecule has 5 rings (SSSR count). The van der Waals surface area contributed by atoms with Crippen LogP contribution in [0.4, 0.5) is 15.7 Å². The Balaban J connectivity index is 1.23. The molecule has 0 saturated carbocycles. The van der Waals surface area contributed by atoms with Gasteiger partial charge in [0.2, 0.25) is 0 Å². The second kappa shape index (κ2) is 11.9. The van der Waals surface area contributed by atoms with Crippen LogP contribution in [0, 0.1) is 20.8 Å². The number of nitrogens with one attached hydrogen (secondary N) is 2. The van der Waals surface area contributed by atoms with Gasteiger partial charge in [0.15, 0.2) is 9.34 Å². The number of hydrogen-bond acceptors (Lipinski definition) is 12. The molecular weight excluding hydrogens is 585 g/mol. The number of anilines is 2. The van der Waals surface area contributed by atoms with Crippen LogP contribution < -0.4 is 10.6 Å². The molecule has 1 fully saturated rings. The highest BCUT2D eigenvalue weighted by Crippen LogP contribution is 2.35. The molecular formula is C26H32N8O4S3. The number of fused-ring (bicyclic) bond motifs is 1. The monoisotopic (exact) mass is 616 g/mol. The number of sulfonamides is 1. The summed E-state index contributed by atoms with van der Waals surface area (Å²) in [5.74, 6) is 0.765. The zero-order valence-electron chi connectivity index (χ0n) is 23.5. The Morgan fingerprint density at radius 2 is 1.83 bits per heavy atom. The smallest absolute Gasteiger partial charge is 0.413 e. The first-order chi connectivity index (χ1) is 19.6. The highest BCUT2D eigenvalue weighted by molar-refractivity contribution is 7.91. The highest BCUT2D eigenvalue weighted by atomic mass is 32.2. The number of para-hydroxylation sites is 1. The summed E-state index contributed by atoms with van der Waals surface area (Å²) in [5.41, 5.74) is 3.27. The molecule has 1 saturated heterocycles. The van der Waals surface area contributed by atoms with E-state index in [0.717, 1.165) is 55.7 Å². The summed E-state index contributed by atoms with van der Waals surface area (Å²) < 4.78 is 32.8. The number of carbonyl (C=O) groups is 1. The third kappa shape index (κ3) is 6.18. The van der Waals surface area contributed by atoms with Gasteiger partial charge in [0, 0.05) is 49.7 Å². The third-order valence-electron chi connectivity index (χ3n) is 6.78. The number of ether oxygens (including phenoxy) is 1. The Hall–Kier alpha value is -3.24. The van der Waals surface area contributed by atoms with E-state index in [1.54, 1.807) is 24.6 Å². The maximum absolute atomic E-state index is 13.3. The van der Waals surface area contributed by atoms with Crippen LogP contribution in [0.5, 0.6) is 0 Å². The number of piperazine rings is 1. The Bertz CT molecular complexity index is 1680. The fourth-order valence-electron chi connectivity index (χ4n) is 4.92. The van der Waals surface area contributed by atoms with Crippen molar-refractivity contribution in [1.82, 2.24) is 29.1 Å². The maximum atomic E-state index is 13.3. The Labute approximate surface area is 246 Å². The number of aryl methyl sites for hydroxylation is 3. The molecule has 218 valence electrons. The normalized spacial score (nSPS) is 15.6. The van der Waals surface area contributed by atoms with Gasteiger partial charge in [-0.15, -0.1) is 11.3 Å². The summed E-state index contributed by atoms with van der Waals surface area (Å²) in [7, 11) is -2.50. The predicted octanol–water partition coefficient (Wildman–Crippen LogP) is 4.12. The van der Waals surface area contributed by atoms with Crippen LogP contribution in [0.1, 0.15) is 23.3 Å². The molecule has 1 aliphatic heterocycles. The molecule has 4 aromatic rings. The van der Waals surface area contributed by atoms with Crippen LogP contribution in [-0.2, 0) is 14.8 Å². The second-order valence-corrected chi connectivity index (χ2v) is 14.2. The van der Waals surface area contributed by atoms with Crippen LogP contribution >= 0.6 is 22.7 Å². The topological polar surface area (TPSA) is 143 Å². The van der Waals surface area contributed by atoms with Crippen molar-refractivity contribution in [3.05, 3.63) is 40.9 Å². The molecule has 1 aliphatic rings. The van der Waals surface area contributed by atoms with Crippen molar-refractivity contribution in [2.24, 2.45) is 0 Å². The van der Waals surface area contributed by atoms with Gasteiger partial charge in [0.25, 0.3) is 10.0 Å². The highest BCUT2D eigenvalue weighted by Gasteiger charge is 2.32. The van der Waals surface area contributed by atoms with E-state index in [1.807, 2.05) is 26.0 Å². The van der Waals surface area contributed by atoms with Gasteiger partial charge in [-0.3, -0.25) is 10.2 Å². The molecule has 1 atom stereocenters. The van der Waals surface area contributed by atoms with Crippen molar-refractivity contribution in [2.75, 3.05) is 50.5 Å². The lowest BCUT2D eigenvalue weighted by molar-refractivity contribution is 0.184. The number of nitrogens with zero attached hydrogens (tertiary/aromatic N) is 6. The first kappa shape index (κ1) is 29.3. The molecule has 0 spiro atoms. The summed E-state index contributed by atoms with van der Waals surface area (Å²) in [5, 5.41) is 8.13. The van der Waals surface area contributed by atoms with E-state index in [2.05, 4.69) is 53.2 Å². The standard InChI is InChI=1S/C26H32N8O4S3/c1-15(29-23-20-8-6-7-19(21(20)27-14-28-23)22-16(2)30-18(4)39-22)13-33-9-11-34(12-10-33)41(36,37)24-17(3)31-25(40-24)32-26(35)38-5/h6-8,14-15H,9-13H2,1-5H3,(H,27,28,29)(H,31,32,35)/t15-/m0/s1. The first-order valence-electron chi connectivity index (χ1n) is 13.1. The largest absolute Gasteiger partial charge is 0.453 e. The number of methoxy groups -OCH3 is 1. The summed E-state index contributed by atoms with van der Waals surface area (Å²) >= 11 is 2.59. The molecule has 12 nitrogen and oxygen atoms in total. The summed E-state index contributed by atoms with van der Waals surface area (Å²) in [4.78, 5) is 32.7. The van der Waals surface area contributed by atoms with Gasteiger partial charge in [0.1, 0.15) is 12.1 Å². The van der Waals surface area contributed by atoms with E-state index in [-0.39, 0.29) is 15.4 Å². The minimum absolute atomic E-state index is 0.0583. The number of benzene rings is 1. The van der Waals surface area contributed by atoms with Gasteiger partial charge in [-0.1, -0.05) is 23.5 Å². The molecule has 3 aromatic heterocycles. The van der Waals surface area contributed by atoms with Gasteiger partial charge in [-0.25, -0.2) is 33.1 Å². The lowest BCUT2D eigenvalue weighted by atomic mass is 10.1. The third-order valence-corrected chi connectivity index (χ3v) is 11.4. The number of carbonyl (C=O) groups excluding carboxylic acids is 1. The maximum Gasteiger partial charge on any atom is 0.413 e. The van der Waals surface area contributed by atoms with E-state index in [0.29, 0.717) is 31.9 Å². The van der Waals surface area contributed by atoms with Crippen molar-refractivity contribution >= 4 is 60.6 Å². The van der Waals surface area contributed by atoms with Crippen molar-refractivity contribution in [1.29, 1.82) is 0 Å². The van der Waals surface area contributed by atoms with Crippen LogP contribution in [0.25, 0.3) is 21.3 Å². The van der Waals surface area contributed by atoms with E-state index in [1.165, 1.54) is 11.4 Å². The molecule has 0 bridgehead atoms. The minimum Gasteiger partial charge on any atom is -0.453 e. The van der Waals surface area contributed by atoms with Gasteiger partial charge >= 0.3 is 6.09 Å². The molecule has 1 amide bonds. The zero-order chi connectivity index (χ0) is 29.3. The van der Waals surface area contributed by atoms with Crippen LogP contribution in [0.2, 0.25) is 0 Å². The number of aromatic nitrogens is 4. The van der Waals surface area contributed by atoms with Crippen LogP contribution in [-0.4, -0.2) is 89.5 Å². The van der Waals surface area contributed by atoms with Gasteiger partial charge in [-0.2, -0.15) is 4.31 Å². The summed E-state index contributed by atoms with van der Waals surface area (Å²) in [6.07, 6.45) is 0.890. The number of rotatable bonds is 8. The zero-order valence-corrected chi connectivity index (χ0v) is 25.9. The Kier molecular flexibility index (Phi) is 8.52. The fourth-order valence-corrected chi connectivity index (χ4v) is 8.82. The van der Waals surface area contributed by atoms with Crippen LogP contribution in [0.3, 0.4) is 0 Å². The average Bonchev–Trinajstić information content (AvgIpc) is 3.48. The van der Waals surface area contributed by atoms with Crippen molar-refractivity contribution in [3.63, 3.8) is 0 Å². The van der Waals surface area contributed by atoms with Gasteiger partial charge < -0.3 is 10.1 Å². The van der Waals surface area contributed by atoms with Crippen molar-refractivity contribution in [3.8, 4) is 10.4 Å². The fraction of sp³-hybridized carbons (Fsp3) is 0.423. The molecule has 4 heterocycles. The Morgan fingerprint density at radius 3 is 2.51 bits per heavy atom. The van der Waals surface area contributed by atoms with Crippen molar-refractivity contribution in [2.45, 2.75) is 37.9 Å². The molecule has 41 heavy (non-hydrogen) atoms. The van der Waals surface area contributed by atoms with Gasteiger partial charge in [0.05, 0.1) is 33.9 Å². The Morgan fingerprint density at radius 1 is 1.07 bits per heavy atom. The van der Waals surface area contributed by atoms with E-state index < -0.39 is 16.1 Å². The van der Waals surface area contributed by atoms with E-state index >= 15 is 0 Å². The SMILES string of the molecule is COC(=O)Nc1nc(C)c(S(=O)(=O)N2CCN(C[C@H](C)Nc3ncnc4c(-c5sc(C)nc5C)cccc34)CC2)s1. The quantitative estimate of drug-likeness (QED) is 0.297. The lowest BCUT2D eigenvalue weighted by Gasteiger charge is -2.35. The summed E-state index contributed by atoms with van der Waals surface area (Å²) in [6.45, 7) is 10.4. The minimum atomic E-state index is -3.73. The van der Waals surface area contributed by atoms with Crippen LogP contribution in [0.15, 0.2) is 28.7 Å². The number of amides is 1. The first-order valence-corrected chi connectivity index (χ1v) is 16.1.